The van der Waals surface area contributed by atoms with Crippen molar-refractivity contribution in [3.63, 3.8) is 0 Å². The Labute approximate surface area is 94.8 Å². The van der Waals surface area contributed by atoms with Crippen LogP contribution in [0.3, 0.4) is 0 Å². The molecule has 0 nitrogen and oxygen atoms in total. The predicted octanol–water partition coefficient (Wildman–Crippen LogP) is 4.25. The summed E-state index contributed by atoms with van der Waals surface area (Å²) >= 11 is 3.07. The second-order valence-electron chi connectivity index (χ2n) is 3.37. The Balaban J connectivity index is 2.76. The molecule has 0 amide bonds. The number of hydrogen-bond acceptors (Lipinski definition) is 1. The molecule has 0 fully saturated rings. The van der Waals surface area contributed by atoms with Crippen LogP contribution in [0.25, 0.3) is 0 Å². The molecule has 0 spiro atoms. The van der Waals surface area contributed by atoms with E-state index in [0.717, 1.165) is 15.0 Å². The Bertz CT molecular complexity index is 76.2. The van der Waals surface area contributed by atoms with Crippen LogP contribution in [-0.4, -0.2) is 26.5 Å². The summed E-state index contributed by atoms with van der Waals surface area (Å²) in [7, 11) is 0. The van der Waals surface area contributed by atoms with Gasteiger partial charge in [-0.3, -0.25) is 0 Å². The van der Waals surface area contributed by atoms with Crippen LogP contribution in [0.1, 0.15) is 45.4 Å². The Morgan fingerprint density at radius 3 is 2.23 bits per heavy atom. The van der Waals surface area contributed by atoms with Crippen LogP contribution in [0.2, 0.25) is 11.1 Å². The van der Waals surface area contributed by atoms with E-state index >= 15 is 0 Å². The molecule has 0 aliphatic heterocycles. The summed E-state index contributed by atoms with van der Waals surface area (Å²) in [5.41, 5.74) is 0. The third-order valence-electron chi connectivity index (χ3n) is 2.03. The van der Waals surface area contributed by atoms with Crippen molar-refractivity contribution < 1.29 is 0 Å². The summed E-state index contributed by atoms with van der Waals surface area (Å²) in [5.74, 6) is 5.14. The van der Waals surface area contributed by atoms with Crippen LogP contribution in [0.5, 0.6) is 0 Å². The molecule has 0 aromatic heterocycles. The molecular weight excluding hydrogens is 243 g/mol. The molecule has 0 unspecified atom stereocenters. The van der Waals surface area contributed by atoms with E-state index in [0.29, 0.717) is 0 Å². The topological polar surface area (TPSA) is 0 Å². The fourth-order valence-corrected chi connectivity index (χ4v) is 3.24. The Kier molecular flexibility index (Phi) is 13.7. The molecule has 0 radical (unpaired) electrons. The standard InChI is InChI=1S/C11H24SSe/c1-3-4-5-6-9-12-10-7-8-11-13-2/h3-11H2,1-2H3. The number of thioether (sulfide) groups is 1. The van der Waals surface area contributed by atoms with Crippen LogP contribution >= 0.6 is 11.8 Å². The van der Waals surface area contributed by atoms with Gasteiger partial charge >= 0.3 is 94.8 Å². The first-order valence-electron chi connectivity index (χ1n) is 5.48. The van der Waals surface area contributed by atoms with Gasteiger partial charge in [0.25, 0.3) is 0 Å². The van der Waals surface area contributed by atoms with Crippen LogP contribution in [0.4, 0.5) is 0 Å². The maximum absolute atomic E-state index is 2.34. The van der Waals surface area contributed by atoms with E-state index in [9.17, 15) is 0 Å². The Hall–Kier alpha value is 0.869. The van der Waals surface area contributed by atoms with Gasteiger partial charge in [0.2, 0.25) is 0 Å². The van der Waals surface area contributed by atoms with Gasteiger partial charge in [-0.15, -0.1) is 0 Å². The van der Waals surface area contributed by atoms with Gasteiger partial charge < -0.3 is 0 Å². The molecule has 2 heteroatoms. The van der Waals surface area contributed by atoms with Crippen molar-refractivity contribution >= 4 is 26.7 Å². The maximum atomic E-state index is 2.34. The van der Waals surface area contributed by atoms with Gasteiger partial charge in [0.05, 0.1) is 0 Å². The summed E-state index contributed by atoms with van der Waals surface area (Å²) in [6.45, 7) is 2.28. The van der Waals surface area contributed by atoms with Gasteiger partial charge in [-0.25, -0.2) is 0 Å². The fraction of sp³-hybridized carbons (Fsp3) is 1.00. The normalized spacial score (nSPS) is 10.6. The van der Waals surface area contributed by atoms with E-state index in [1.54, 1.807) is 0 Å². The minimum absolute atomic E-state index is 0.909. The van der Waals surface area contributed by atoms with Crippen LogP contribution in [0, 0.1) is 0 Å². The van der Waals surface area contributed by atoms with Crippen LogP contribution in [0.15, 0.2) is 0 Å². The second kappa shape index (κ2) is 12.9. The summed E-state index contributed by atoms with van der Waals surface area (Å²) < 4.78 is 0. The van der Waals surface area contributed by atoms with Crippen molar-refractivity contribution in [1.82, 2.24) is 0 Å². The van der Waals surface area contributed by atoms with Crippen molar-refractivity contribution in [2.75, 3.05) is 11.5 Å². The molecule has 80 valence electrons. The van der Waals surface area contributed by atoms with Gasteiger partial charge in [0, 0.05) is 0 Å². The molecule has 0 aromatic carbocycles. The molecule has 0 N–H and O–H groups in total. The zero-order valence-corrected chi connectivity index (χ0v) is 11.7. The second-order valence-corrected chi connectivity index (χ2v) is 6.67. The molecular formula is C11H24SSe. The van der Waals surface area contributed by atoms with Gasteiger partial charge in [-0.05, 0) is 0 Å². The third kappa shape index (κ3) is 12.9. The first kappa shape index (κ1) is 13.9. The van der Waals surface area contributed by atoms with Crippen LogP contribution in [-0.2, 0) is 0 Å². The van der Waals surface area contributed by atoms with Crippen molar-refractivity contribution in [3.8, 4) is 0 Å². The Morgan fingerprint density at radius 2 is 1.62 bits per heavy atom. The molecule has 0 atom stereocenters. The van der Waals surface area contributed by atoms with Crippen LogP contribution < -0.4 is 0 Å². The minimum atomic E-state index is 0.909. The zero-order valence-electron chi connectivity index (χ0n) is 9.18. The van der Waals surface area contributed by atoms with E-state index in [4.69, 9.17) is 0 Å². The van der Waals surface area contributed by atoms with Crippen molar-refractivity contribution in [3.05, 3.63) is 0 Å². The van der Waals surface area contributed by atoms with E-state index in [-0.39, 0.29) is 0 Å². The van der Waals surface area contributed by atoms with Gasteiger partial charge in [-0.2, -0.15) is 0 Å². The SMILES string of the molecule is CCCCCCSCCCC[Se]C. The summed E-state index contributed by atoms with van der Waals surface area (Å²) in [6.07, 6.45) is 8.60. The fourth-order valence-electron chi connectivity index (χ4n) is 1.18. The quantitative estimate of drug-likeness (QED) is 0.421. The molecule has 0 aliphatic rings. The molecule has 0 heterocycles. The number of rotatable bonds is 10. The molecule has 0 saturated heterocycles. The molecule has 0 rings (SSSR count). The number of unbranched alkanes of at least 4 members (excludes halogenated alkanes) is 4. The first-order valence-corrected chi connectivity index (χ1v) is 9.56. The number of hydrogen-bond donors (Lipinski definition) is 0. The molecule has 0 aromatic rings. The van der Waals surface area contributed by atoms with Gasteiger partial charge in [0.15, 0.2) is 0 Å². The van der Waals surface area contributed by atoms with Crippen molar-refractivity contribution in [2.45, 2.75) is 56.6 Å². The average molecular weight is 267 g/mol. The molecule has 0 bridgehead atoms. The summed E-state index contributed by atoms with van der Waals surface area (Å²) in [4.78, 5) is 0. The molecule has 13 heavy (non-hydrogen) atoms. The van der Waals surface area contributed by atoms with Crippen molar-refractivity contribution in [2.24, 2.45) is 0 Å². The summed E-state index contributed by atoms with van der Waals surface area (Å²) in [6, 6.07) is 0. The van der Waals surface area contributed by atoms with E-state index < -0.39 is 0 Å². The monoisotopic (exact) mass is 268 g/mol. The average Bonchev–Trinajstić information content (AvgIpc) is 2.16. The van der Waals surface area contributed by atoms with Crippen molar-refractivity contribution in [1.29, 1.82) is 0 Å². The summed E-state index contributed by atoms with van der Waals surface area (Å²) in [5, 5.41) is 1.49. The predicted molar refractivity (Wildman–Crippen MR) is 67.1 cm³/mol. The van der Waals surface area contributed by atoms with Gasteiger partial charge in [0.1, 0.15) is 0 Å². The molecule has 0 aliphatic carbocycles. The van der Waals surface area contributed by atoms with Gasteiger partial charge in [-0.1, -0.05) is 0 Å². The third-order valence-corrected chi connectivity index (χ3v) is 4.65. The van der Waals surface area contributed by atoms with E-state index in [1.165, 1.54) is 55.3 Å². The van der Waals surface area contributed by atoms with E-state index in [1.807, 2.05) is 0 Å². The molecule has 0 saturated carbocycles. The zero-order chi connectivity index (χ0) is 9.78. The Morgan fingerprint density at radius 1 is 0.923 bits per heavy atom. The first-order chi connectivity index (χ1) is 6.41. The van der Waals surface area contributed by atoms with E-state index in [2.05, 4.69) is 24.5 Å².